The molecule has 2 aliphatic rings. The first-order chi connectivity index (χ1) is 10.2. The molecular weight excluding hydrogens is 260 g/mol. The standard InChI is InChI=1S/C18H28N2O/c1-14-13-15-5-2-3-6-17(15)18(14)19-9-4-10-20-11-7-16(21)8-12-20/h2-3,5-6,14,16,18-19,21H,4,7-13H2,1H3. The fraction of sp³-hybridized carbons (Fsp3) is 0.667. The smallest absolute Gasteiger partial charge is 0.0564 e. The molecule has 1 aliphatic carbocycles. The molecule has 1 heterocycles. The Morgan fingerprint density at radius 3 is 2.81 bits per heavy atom. The second kappa shape index (κ2) is 6.91. The molecule has 0 spiro atoms. The third-order valence-electron chi connectivity index (χ3n) is 5.07. The van der Waals surface area contributed by atoms with Gasteiger partial charge >= 0.3 is 0 Å². The van der Waals surface area contributed by atoms with Gasteiger partial charge < -0.3 is 15.3 Å². The maximum absolute atomic E-state index is 9.53. The first-order valence-electron chi connectivity index (χ1n) is 8.45. The van der Waals surface area contributed by atoms with E-state index in [1.165, 1.54) is 24.0 Å². The van der Waals surface area contributed by atoms with Crippen molar-refractivity contribution in [1.82, 2.24) is 10.2 Å². The number of nitrogens with one attached hydrogen (secondary N) is 1. The summed E-state index contributed by atoms with van der Waals surface area (Å²) < 4.78 is 0. The minimum Gasteiger partial charge on any atom is -0.393 e. The summed E-state index contributed by atoms with van der Waals surface area (Å²) in [6.45, 7) is 6.71. The van der Waals surface area contributed by atoms with Gasteiger partial charge in [0.2, 0.25) is 0 Å². The van der Waals surface area contributed by atoms with Gasteiger partial charge in [-0.3, -0.25) is 0 Å². The van der Waals surface area contributed by atoms with E-state index >= 15 is 0 Å². The number of hydrogen-bond donors (Lipinski definition) is 2. The number of rotatable bonds is 5. The van der Waals surface area contributed by atoms with Crippen LogP contribution in [0.5, 0.6) is 0 Å². The van der Waals surface area contributed by atoms with E-state index in [0.29, 0.717) is 12.0 Å². The van der Waals surface area contributed by atoms with E-state index < -0.39 is 0 Å². The first-order valence-corrected chi connectivity index (χ1v) is 8.45. The monoisotopic (exact) mass is 288 g/mol. The Labute approximate surface area is 128 Å². The number of aliphatic hydroxyl groups is 1. The van der Waals surface area contributed by atoms with Gasteiger partial charge in [-0.25, -0.2) is 0 Å². The molecule has 1 aromatic rings. The molecule has 1 fully saturated rings. The number of likely N-dealkylation sites (tertiary alicyclic amines) is 1. The Morgan fingerprint density at radius 2 is 2.00 bits per heavy atom. The van der Waals surface area contributed by atoms with E-state index in [0.717, 1.165) is 39.0 Å². The van der Waals surface area contributed by atoms with Crippen LogP contribution in [0.3, 0.4) is 0 Å². The largest absolute Gasteiger partial charge is 0.393 e. The second-order valence-corrected chi connectivity index (χ2v) is 6.74. The molecule has 2 atom stereocenters. The van der Waals surface area contributed by atoms with E-state index in [2.05, 4.69) is 41.4 Å². The van der Waals surface area contributed by atoms with Crippen LogP contribution in [0.2, 0.25) is 0 Å². The zero-order valence-corrected chi connectivity index (χ0v) is 13.1. The van der Waals surface area contributed by atoms with Gasteiger partial charge in [0.25, 0.3) is 0 Å². The minimum absolute atomic E-state index is 0.0600. The highest BCUT2D eigenvalue weighted by Crippen LogP contribution is 2.35. The minimum atomic E-state index is -0.0600. The molecule has 3 nitrogen and oxygen atoms in total. The lowest BCUT2D eigenvalue weighted by Crippen LogP contribution is -2.37. The maximum atomic E-state index is 9.53. The highest BCUT2D eigenvalue weighted by atomic mass is 16.3. The molecule has 21 heavy (non-hydrogen) atoms. The van der Waals surface area contributed by atoms with E-state index in [4.69, 9.17) is 0 Å². The molecule has 0 radical (unpaired) electrons. The second-order valence-electron chi connectivity index (χ2n) is 6.74. The van der Waals surface area contributed by atoms with E-state index in [1.54, 1.807) is 0 Å². The van der Waals surface area contributed by atoms with Gasteiger partial charge in [0.05, 0.1) is 6.10 Å². The first kappa shape index (κ1) is 15.0. The molecule has 1 aromatic carbocycles. The van der Waals surface area contributed by atoms with Crippen LogP contribution in [0, 0.1) is 5.92 Å². The molecule has 0 aromatic heterocycles. The number of nitrogens with zero attached hydrogens (tertiary/aromatic N) is 1. The Balaban J connectivity index is 1.42. The quantitative estimate of drug-likeness (QED) is 0.817. The molecule has 116 valence electrons. The van der Waals surface area contributed by atoms with Crippen molar-refractivity contribution in [2.45, 2.75) is 44.8 Å². The summed E-state index contributed by atoms with van der Waals surface area (Å²) in [6, 6.07) is 9.39. The number of benzene rings is 1. The Bertz CT molecular complexity index is 454. The highest BCUT2D eigenvalue weighted by molar-refractivity contribution is 5.35. The summed E-state index contributed by atoms with van der Waals surface area (Å²) in [4.78, 5) is 2.49. The lowest BCUT2D eigenvalue weighted by molar-refractivity contribution is 0.0819. The number of piperidine rings is 1. The number of hydrogen-bond acceptors (Lipinski definition) is 3. The lowest BCUT2D eigenvalue weighted by atomic mass is 10.0. The SMILES string of the molecule is CC1Cc2ccccc2C1NCCCN1CCC(O)CC1. The zero-order valence-electron chi connectivity index (χ0n) is 13.1. The molecule has 2 unspecified atom stereocenters. The van der Waals surface area contributed by atoms with Gasteiger partial charge in [-0.2, -0.15) is 0 Å². The molecule has 2 N–H and O–H groups in total. The van der Waals surface area contributed by atoms with Crippen LogP contribution in [-0.2, 0) is 6.42 Å². The van der Waals surface area contributed by atoms with Crippen LogP contribution in [-0.4, -0.2) is 42.3 Å². The molecule has 3 rings (SSSR count). The lowest BCUT2D eigenvalue weighted by Gasteiger charge is -2.29. The van der Waals surface area contributed by atoms with Crippen LogP contribution in [0.25, 0.3) is 0 Å². The summed E-state index contributed by atoms with van der Waals surface area (Å²) in [6.07, 6.45) is 4.23. The van der Waals surface area contributed by atoms with Gasteiger partial charge in [-0.15, -0.1) is 0 Å². The summed E-state index contributed by atoms with van der Waals surface area (Å²) in [7, 11) is 0. The Morgan fingerprint density at radius 1 is 1.24 bits per heavy atom. The molecule has 0 saturated carbocycles. The average Bonchev–Trinajstić information content (AvgIpc) is 2.81. The predicted octanol–water partition coefficient (Wildman–Crippen LogP) is 2.36. The van der Waals surface area contributed by atoms with Crippen LogP contribution in [0.1, 0.15) is 43.4 Å². The average molecular weight is 288 g/mol. The third kappa shape index (κ3) is 3.65. The summed E-state index contributed by atoms with van der Waals surface area (Å²) in [5.41, 5.74) is 3.03. The van der Waals surface area contributed by atoms with Crippen LogP contribution in [0.15, 0.2) is 24.3 Å². The van der Waals surface area contributed by atoms with Crippen LogP contribution < -0.4 is 5.32 Å². The fourth-order valence-electron chi connectivity index (χ4n) is 3.81. The Hall–Kier alpha value is -0.900. The topological polar surface area (TPSA) is 35.5 Å². The van der Waals surface area contributed by atoms with E-state index in [1.807, 2.05) is 0 Å². The van der Waals surface area contributed by atoms with Crippen molar-refractivity contribution in [3.05, 3.63) is 35.4 Å². The van der Waals surface area contributed by atoms with E-state index in [9.17, 15) is 5.11 Å². The third-order valence-corrected chi connectivity index (χ3v) is 5.07. The molecule has 0 amide bonds. The molecular formula is C18H28N2O. The van der Waals surface area contributed by atoms with E-state index in [-0.39, 0.29) is 6.10 Å². The number of fused-ring (bicyclic) bond motifs is 1. The molecule has 1 aliphatic heterocycles. The van der Waals surface area contributed by atoms with Crippen molar-refractivity contribution in [3.8, 4) is 0 Å². The zero-order chi connectivity index (χ0) is 14.7. The van der Waals surface area contributed by atoms with Crippen molar-refractivity contribution in [2.75, 3.05) is 26.2 Å². The summed E-state index contributed by atoms with van der Waals surface area (Å²) >= 11 is 0. The number of aliphatic hydroxyl groups excluding tert-OH is 1. The highest BCUT2D eigenvalue weighted by Gasteiger charge is 2.28. The summed E-state index contributed by atoms with van der Waals surface area (Å²) in [5.74, 6) is 0.701. The predicted molar refractivity (Wildman–Crippen MR) is 86.4 cm³/mol. The molecule has 1 saturated heterocycles. The van der Waals surface area contributed by atoms with Crippen molar-refractivity contribution < 1.29 is 5.11 Å². The molecule has 3 heteroatoms. The maximum Gasteiger partial charge on any atom is 0.0564 e. The van der Waals surface area contributed by atoms with Crippen molar-refractivity contribution >= 4 is 0 Å². The van der Waals surface area contributed by atoms with Gasteiger partial charge in [-0.05, 0) is 55.8 Å². The normalized spacial score (nSPS) is 27.0. The fourth-order valence-corrected chi connectivity index (χ4v) is 3.81. The van der Waals surface area contributed by atoms with Gasteiger partial charge in [0.1, 0.15) is 0 Å². The van der Waals surface area contributed by atoms with Gasteiger partial charge in [-0.1, -0.05) is 31.2 Å². The van der Waals surface area contributed by atoms with Crippen LogP contribution >= 0.6 is 0 Å². The van der Waals surface area contributed by atoms with Crippen molar-refractivity contribution in [3.63, 3.8) is 0 Å². The van der Waals surface area contributed by atoms with Gasteiger partial charge in [0.15, 0.2) is 0 Å². The van der Waals surface area contributed by atoms with Crippen LogP contribution in [0.4, 0.5) is 0 Å². The summed E-state index contributed by atoms with van der Waals surface area (Å²) in [5, 5.41) is 13.3. The molecule has 0 bridgehead atoms. The van der Waals surface area contributed by atoms with Gasteiger partial charge in [0, 0.05) is 19.1 Å². The Kier molecular flexibility index (Phi) is 4.94. The van der Waals surface area contributed by atoms with Crippen molar-refractivity contribution in [2.24, 2.45) is 5.92 Å². The van der Waals surface area contributed by atoms with Crippen molar-refractivity contribution in [1.29, 1.82) is 0 Å².